The molecule has 2 aliphatic rings. The first-order valence-electron chi connectivity index (χ1n) is 8.12. The van der Waals surface area contributed by atoms with Crippen LogP contribution in [0.15, 0.2) is 58.0 Å². The number of anilines is 1. The van der Waals surface area contributed by atoms with E-state index in [1.807, 2.05) is 41.3 Å². The Morgan fingerprint density at radius 1 is 1.19 bits per heavy atom. The Morgan fingerprint density at radius 3 is 2.69 bits per heavy atom. The predicted octanol–water partition coefficient (Wildman–Crippen LogP) is 3.86. The molecule has 1 fully saturated rings. The van der Waals surface area contributed by atoms with E-state index in [1.54, 1.807) is 6.07 Å². The van der Waals surface area contributed by atoms with Gasteiger partial charge in [-0.15, -0.1) is 0 Å². The van der Waals surface area contributed by atoms with Crippen molar-refractivity contribution in [2.24, 2.45) is 4.99 Å². The van der Waals surface area contributed by atoms with Crippen LogP contribution in [0.2, 0.25) is 0 Å². The molecule has 2 aliphatic heterocycles. The van der Waals surface area contributed by atoms with Gasteiger partial charge < -0.3 is 4.90 Å². The monoisotopic (exact) mass is 454 g/mol. The Morgan fingerprint density at radius 2 is 1.96 bits per heavy atom. The van der Waals surface area contributed by atoms with Gasteiger partial charge in [0.25, 0.3) is 0 Å². The molecule has 2 aromatic rings. The molecule has 0 spiro atoms. The van der Waals surface area contributed by atoms with Gasteiger partial charge in [0.15, 0.2) is 15.0 Å². The fourth-order valence-electron chi connectivity index (χ4n) is 3.30. The summed E-state index contributed by atoms with van der Waals surface area (Å²) in [5.41, 5.74) is 1.51. The van der Waals surface area contributed by atoms with Crippen LogP contribution in [0.1, 0.15) is 5.56 Å². The Kier molecular flexibility index (Phi) is 4.83. The maximum absolute atomic E-state index is 14.1. The number of fused-ring (bicyclic) bond motifs is 1. The molecule has 2 aromatic carbocycles. The predicted molar refractivity (Wildman–Crippen MR) is 108 cm³/mol. The number of nitrogens with zero attached hydrogens (tertiary/aromatic N) is 2. The number of aliphatic imine (C=N–C) groups is 1. The zero-order valence-corrected chi connectivity index (χ0v) is 16.9. The molecule has 8 heteroatoms. The molecule has 0 amide bonds. The molecule has 136 valence electrons. The molecule has 2 atom stereocenters. The van der Waals surface area contributed by atoms with E-state index in [-0.39, 0.29) is 29.4 Å². The summed E-state index contributed by atoms with van der Waals surface area (Å²) in [5, 5.41) is 0.753. The van der Waals surface area contributed by atoms with E-state index in [4.69, 9.17) is 0 Å². The van der Waals surface area contributed by atoms with Crippen LogP contribution in [-0.4, -0.2) is 37.2 Å². The lowest BCUT2D eigenvalue weighted by molar-refractivity contribution is 0.601. The lowest BCUT2D eigenvalue weighted by Gasteiger charge is -2.26. The molecule has 1 saturated heterocycles. The van der Waals surface area contributed by atoms with E-state index in [0.29, 0.717) is 15.8 Å². The summed E-state index contributed by atoms with van der Waals surface area (Å²) in [6.45, 7) is 0. The van der Waals surface area contributed by atoms with Gasteiger partial charge >= 0.3 is 0 Å². The molecule has 0 bridgehead atoms. The maximum atomic E-state index is 14.1. The van der Waals surface area contributed by atoms with Crippen LogP contribution in [0.4, 0.5) is 10.1 Å². The van der Waals surface area contributed by atoms with Gasteiger partial charge in [-0.1, -0.05) is 52.0 Å². The molecule has 0 saturated carbocycles. The first-order chi connectivity index (χ1) is 12.4. The van der Waals surface area contributed by atoms with Crippen molar-refractivity contribution >= 4 is 48.4 Å². The van der Waals surface area contributed by atoms with Gasteiger partial charge in [-0.25, -0.2) is 12.8 Å². The summed E-state index contributed by atoms with van der Waals surface area (Å²) in [6, 6.07) is 14.2. The van der Waals surface area contributed by atoms with Crippen LogP contribution < -0.4 is 4.90 Å². The molecule has 4 nitrogen and oxygen atoms in total. The summed E-state index contributed by atoms with van der Waals surface area (Å²) in [7, 11) is -3.07. The second-order valence-electron chi connectivity index (χ2n) is 6.35. The third kappa shape index (κ3) is 3.54. The van der Waals surface area contributed by atoms with Crippen LogP contribution in [0.3, 0.4) is 0 Å². The van der Waals surface area contributed by atoms with Gasteiger partial charge in [0.05, 0.1) is 23.6 Å². The van der Waals surface area contributed by atoms with Gasteiger partial charge in [-0.05, 0) is 29.8 Å². The SMILES string of the molecule is O=S1(=O)C[C@@H]2N=C(SCc3ccc(Br)cc3F)N(c3ccccc3)[C@@H]2C1. The van der Waals surface area contributed by atoms with Gasteiger partial charge in [0.1, 0.15) is 5.82 Å². The molecular weight excluding hydrogens is 439 g/mol. The Bertz CT molecular complexity index is 966. The smallest absolute Gasteiger partial charge is 0.164 e. The number of halogens is 2. The Hall–Kier alpha value is -1.38. The quantitative estimate of drug-likeness (QED) is 0.706. The van der Waals surface area contributed by atoms with Gasteiger partial charge in [0, 0.05) is 15.9 Å². The highest BCUT2D eigenvalue weighted by molar-refractivity contribution is 9.10. The summed E-state index contributed by atoms with van der Waals surface area (Å²) in [6.07, 6.45) is 0. The molecule has 0 aliphatic carbocycles. The van der Waals surface area contributed by atoms with E-state index < -0.39 is 9.84 Å². The Balaban J connectivity index is 1.61. The number of rotatable bonds is 3. The number of benzene rings is 2. The lowest BCUT2D eigenvalue weighted by Crippen LogP contribution is -2.39. The zero-order chi connectivity index (χ0) is 18.3. The lowest BCUT2D eigenvalue weighted by atomic mass is 10.1. The molecule has 4 rings (SSSR count). The van der Waals surface area contributed by atoms with Crippen molar-refractivity contribution in [2.75, 3.05) is 16.4 Å². The van der Waals surface area contributed by atoms with E-state index in [0.717, 1.165) is 10.9 Å². The zero-order valence-electron chi connectivity index (χ0n) is 13.7. The van der Waals surface area contributed by atoms with Crippen molar-refractivity contribution in [2.45, 2.75) is 17.8 Å². The second kappa shape index (κ2) is 6.98. The number of amidine groups is 1. The Labute approximate surface area is 164 Å². The first-order valence-corrected chi connectivity index (χ1v) is 11.7. The summed E-state index contributed by atoms with van der Waals surface area (Å²) in [4.78, 5) is 6.66. The van der Waals surface area contributed by atoms with Crippen molar-refractivity contribution in [3.05, 3.63) is 64.4 Å². The highest BCUT2D eigenvalue weighted by atomic mass is 79.9. The van der Waals surface area contributed by atoms with Crippen molar-refractivity contribution in [1.29, 1.82) is 0 Å². The molecule has 0 N–H and O–H groups in total. The summed E-state index contributed by atoms with van der Waals surface area (Å²) < 4.78 is 38.9. The topological polar surface area (TPSA) is 49.7 Å². The summed E-state index contributed by atoms with van der Waals surface area (Å²) in [5.74, 6) is 0.359. The normalized spacial score (nSPS) is 23.8. The maximum Gasteiger partial charge on any atom is 0.164 e. The minimum Gasteiger partial charge on any atom is -0.315 e. The van der Waals surface area contributed by atoms with Gasteiger partial charge in [-0.3, -0.25) is 4.99 Å². The fourth-order valence-corrected chi connectivity index (χ4v) is 6.59. The second-order valence-corrected chi connectivity index (χ2v) is 10.4. The van der Waals surface area contributed by atoms with Crippen LogP contribution in [0.25, 0.3) is 0 Å². The highest BCUT2D eigenvalue weighted by Gasteiger charge is 2.47. The van der Waals surface area contributed by atoms with Gasteiger partial charge in [0.2, 0.25) is 0 Å². The molecule has 0 aromatic heterocycles. The van der Waals surface area contributed by atoms with Crippen molar-refractivity contribution in [1.82, 2.24) is 0 Å². The van der Waals surface area contributed by atoms with Gasteiger partial charge in [-0.2, -0.15) is 0 Å². The van der Waals surface area contributed by atoms with Crippen LogP contribution in [0.5, 0.6) is 0 Å². The van der Waals surface area contributed by atoms with E-state index in [1.165, 1.54) is 17.8 Å². The average molecular weight is 455 g/mol. The molecule has 26 heavy (non-hydrogen) atoms. The number of hydrogen-bond acceptors (Lipinski definition) is 5. The molecular formula is C18H16BrFN2O2S2. The van der Waals surface area contributed by atoms with Crippen molar-refractivity contribution < 1.29 is 12.8 Å². The third-order valence-electron chi connectivity index (χ3n) is 4.51. The van der Waals surface area contributed by atoms with Crippen LogP contribution in [-0.2, 0) is 15.6 Å². The largest absolute Gasteiger partial charge is 0.315 e. The van der Waals surface area contributed by atoms with Crippen LogP contribution in [0, 0.1) is 5.82 Å². The van der Waals surface area contributed by atoms with Crippen molar-refractivity contribution in [3.63, 3.8) is 0 Å². The number of para-hydroxylation sites is 1. The first kappa shape index (κ1) is 18.0. The summed E-state index contributed by atoms with van der Waals surface area (Å²) >= 11 is 4.70. The highest BCUT2D eigenvalue weighted by Crippen LogP contribution is 2.36. The standard InChI is InChI=1S/C18H16BrFN2O2S2/c19-13-7-6-12(15(20)8-13)9-25-18-21-16-10-26(23,24)11-17(16)22(18)14-4-2-1-3-5-14/h1-8,16-17H,9-11H2/t16-,17+/m0/s1. The van der Waals surface area contributed by atoms with E-state index in [9.17, 15) is 12.8 Å². The number of sulfone groups is 1. The molecule has 2 heterocycles. The molecule has 0 unspecified atom stereocenters. The average Bonchev–Trinajstić information content (AvgIpc) is 3.06. The fraction of sp³-hybridized carbons (Fsp3) is 0.278. The molecule has 0 radical (unpaired) electrons. The minimum absolute atomic E-state index is 0.0811. The third-order valence-corrected chi connectivity index (χ3v) is 7.72. The number of thioether (sulfide) groups is 1. The van der Waals surface area contributed by atoms with E-state index >= 15 is 0 Å². The van der Waals surface area contributed by atoms with E-state index in [2.05, 4.69) is 20.9 Å². The minimum atomic E-state index is -3.07. The van der Waals surface area contributed by atoms with Crippen LogP contribution >= 0.6 is 27.7 Å². The van der Waals surface area contributed by atoms with Crippen molar-refractivity contribution in [3.8, 4) is 0 Å². The number of hydrogen-bond donors (Lipinski definition) is 0.